The van der Waals surface area contributed by atoms with E-state index < -0.39 is 15.6 Å². The van der Waals surface area contributed by atoms with E-state index in [0.29, 0.717) is 17.0 Å². The van der Waals surface area contributed by atoms with Crippen LogP contribution < -0.4 is 10.0 Å². The van der Waals surface area contributed by atoms with Crippen molar-refractivity contribution in [2.75, 3.05) is 19.6 Å². The van der Waals surface area contributed by atoms with Gasteiger partial charge in [0.05, 0.1) is 11.4 Å². The van der Waals surface area contributed by atoms with Gasteiger partial charge in [0, 0.05) is 25.2 Å². The molecular weight excluding hydrogens is 487 g/mol. The lowest BCUT2D eigenvalue weighted by Crippen LogP contribution is -2.41. The van der Waals surface area contributed by atoms with Crippen LogP contribution in [0.3, 0.4) is 0 Å². The summed E-state index contributed by atoms with van der Waals surface area (Å²) in [6.07, 6.45) is 1.12. The molecule has 0 spiro atoms. The van der Waals surface area contributed by atoms with Gasteiger partial charge in [0.25, 0.3) is 0 Å². The summed E-state index contributed by atoms with van der Waals surface area (Å²) in [7, 11) is -3.60. The lowest BCUT2D eigenvalue weighted by molar-refractivity contribution is 0.370. The van der Waals surface area contributed by atoms with Crippen molar-refractivity contribution < 1.29 is 8.42 Å². The van der Waals surface area contributed by atoms with Gasteiger partial charge in [0.2, 0.25) is 10.0 Å². The summed E-state index contributed by atoms with van der Waals surface area (Å²) in [6, 6.07) is 7.08. The Morgan fingerprint density at radius 2 is 1.89 bits per heavy atom. The van der Waals surface area contributed by atoms with Crippen molar-refractivity contribution in [2.24, 2.45) is 10.4 Å². The van der Waals surface area contributed by atoms with Crippen LogP contribution >= 0.6 is 24.0 Å². The Hall–Kier alpha value is -0.870. The Bertz CT molecular complexity index is 786. The SMILES string of the molecule is CCNC(=NCc1ccccc1S(=O)(=O)NC(C)(C)C)N1CCC(C)(C)C1.I. The molecule has 0 amide bonds. The number of guanidine groups is 1. The Morgan fingerprint density at radius 1 is 1.25 bits per heavy atom. The molecule has 0 atom stereocenters. The van der Waals surface area contributed by atoms with E-state index >= 15 is 0 Å². The van der Waals surface area contributed by atoms with Crippen molar-refractivity contribution >= 4 is 40.0 Å². The maximum absolute atomic E-state index is 12.8. The van der Waals surface area contributed by atoms with E-state index in [1.807, 2.05) is 39.8 Å². The van der Waals surface area contributed by atoms with Gasteiger partial charge in [-0.1, -0.05) is 32.0 Å². The molecule has 0 bridgehead atoms. The van der Waals surface area contributed by atoms with Crippen LogP contribution in [0.15, 0.2) is 34.2 Å². The predicted octanol–water partition coefficient (Wildman–Crippen LogP) is 3.58. The third kappa shape index (κ3) is 7.18. The summed E-state index contributed by atoms with van der Waals surface area (Å²) in [5.41, 5.74) is 0.433. The summed E-state index contributed by atoms with van der Waals surface area (Å²) in [5, 5.41) is 3.34. The summed E-state index contributed by atoms with van der Waals surface area (Å²) in [5.74, 6) is 0.846. The Labute approximate surface area is 187 Å². The van der Waals surface area contributed by atoms with Crippen molar-refractivity contribution in [3.63, 3.8) is 0 Å². The zero-order chi connectivity index (χ0) is 20.3. The normalized spacial score (nSPS) is 17.4. The van der Waals surface area contributed by atoms with Gasteiger partial charge in [-0.2, -0.15) is 0 Å². The first kappa shape index (κ1) is 25.2. The molecule has 0 saturated carbocycles. The maximum Gasteiger partial charge on any atom is 0.241 e. The van der Waals surface area contributed by atoms with Crippen LogP contribution in [0, 0.1) is 5.41 Å². The number of aliphatic imine (C=N–C) groups is 1. The van der Waals surface area contributed by atoms with Crippen LogP contribution in [0.2, 0.25) is 0 Å². The molecule has 160 valence electrons. The summed E-state index contributed by atoms with van der Waals surface area (Å²) < 4.78 is 28.3. The van der Waals surface area contributed by atoms with Gasteiger partial charge in [-0.3, -0.25) is 0 Å². The molecule has 28 heavy (non-hydrogen) atoms. The monoisotopic (exact) mass is 522 g/mol. The molecule has 0 radical (unpaired) electrons. The number of likely N-dealkylation sites (tertiary alicyclic amines) is 1. The third-order valence-corrected chi connectivity index (χ3v) is 6.27. The number of benzene rings is 1. The van der Waals surface area contributed by atoms with E-state index in [9.17, 15) is 8.42 Å². The molecule has 2 rings (SSSR count). The first-order valence-electron chi connectivity index (χ1n) is 9.59. The molecule has 8 heteroatoms. The first-order chi connectivity index (χ1) is 12.4. The van der Waals surface area contributed by atoms with E-state index in [0.717, 1.165) is 32.0 Å². The smallest absolute Gasteiger partial charge is 0.241 e. The molecule has 0 aliphatic carbocycles. The minimum Gasteiger partial charge on any atom is -0.357 e. The summed E-state index contributed by atoms with van der Waals surface area (Å²) >= 11 is 0. The first-order valence-corrected chi connectivity index (χ1v) is 11.1. The van der Waals surface area contributed by atoms with E-state index in [1.54, 1.807) is 12.1 Å². The topological polar surface area (TPSA) is 73.8 Å². The average Bonchev–Trinajstić information content (AvgIpc) is 2.89. The van der Waals surface area contributed by atoms with Crippen LogP contribution in [0.1, 0.15) is 53.5 Å². The molecule has 0 unspecified atom stereocenters. The van der Waals surface area contributed by atoms with Gasteiger partial charge in [-0.15, -0.1) is 24.0 Å². The second-order valence-corrected chi connectivity index (χ2v) is 10.6. The van der Waals surface area contributed by atoms with Crippen LogP contribution in [0.25, 0.3) is 0 Å². The van der Waals surface area contributed by atoms with Crippen molar-refractivity contribution in [1.29, 1.82) is 0 Å². The zero-order valence-electron chi connectivity index (χ0n) is 17.9. The van der Waals surface area contributed by atoms with Crippen LogP contribution in [-0.4, -0.2) is 44.5 Å². The van der Waals surface area contributed by atoms with E-state index in [1.165, 1.54) is 0 Å². The molecule has 0 aromatic heterocycles. The van der Waals surface area contributed by atoms with Gasteiger partial charge in [-0.25, -0.2) is 18.1 Å². The lowest BCUT2D eigenvalue weighted by Gasteiger charge is -2.24. The number of hydrogen-bond acceptors (Lipinski definition) is 3. The van der Waals surface area contributed by atoms with Crippen molar-refractivity contribution in [3.8, 4) is 0 Å². The number of sulfonamides is 1. The fraction of sp³-hybridized carbons (Fsp3) is 0.650. The van der Waals surface area contributed by atoms with Gasteiger partial charge >= 0.3 is 0 Å². The fourth-order valence-electron chi connectivity index (χ4n) is 3.23. The van der Waals surface area contributed by atoms with Crippen molar-refractivity contribution in [3.05, 3.63) is 29.8 Å². The van der Waals surface area contributed by atoms with E-state index in [4.69, 9.17) is 4.99 Å². The van der Waals surface area contributed by atoms with Gasteiger partial charge in [0.1, 0.15) is 0 Å². The largest absolute Gasteiger partial charge is 0.357 e. The van der Waals surface area contributed by atoms with Crippen molar-refractivity contribution in [2.45, 2.75) is 64.9 Å². The number of hydrogen-bond donors (Lipinski definition) is 2. The van der Waals surface area contributed by atoms with Gasteiger partial charge < -0.3 is 10.2 Å². The molecule has 1 aromatic rings. The number of rotatable bonds is 5. The van der Waals surface area contributed by atoms with Gasteiger partial charge in [0.15, 0.2) is 5.96 Å². The van der Waals surface area contributed by atoms with E-state index in [-0.39, 0.29) is 29.4 Å². The zero-order valence-corrected chi connectivity index (χ0v) is 21.0. The summed E-state index contributed by atoms with van der Waals surface area (Å²) in [6.45, 7) is 15.1. The molecule has 1 aliphatic rings. The van der Waals surface area contributed by atoms with Crippen molar-refractivity contribution in [1.82, 2.24) is 14.9 Å². The number of nitrogens with zero attached hydrogens (tertiary/aromatic N) is 2. The number of nitrogens with one attached hydrogen (secondary N) is 2. The fourth-order valence-corrected chi connectivity index (χ4v) is 4.89. The van der Waals surface area contributed by atoms with E-state index in [2.05, 4.69) is 28.8 Å². The second-order valence-electron chi connectivity index (χ2n) is 8.97. The second kappa shape index (κ2) is 9.75. The molecule has 1 heterocycles. The molecular formula is C20H35IN4O2S. The molecule has 1 fully saturated rings. The maximum atomic E-state index is 12.8. The van der Waals surface area contributed by atoms with Crippen LogP contribution in [0.4, 0.5) is 0 Å². The summed E-state index contributed by atoms with van der Waals surface area (Å²) in [4.78, 5) is 7.29. The minimum atomic E-state index is -3.60. The minimum absolute atomic E-state index is 0. The standard InChI is InChI=1S/C20H34N4O2S.HI/c1-7-21-18(24-13-12-20(5,6)15-24)22-14-16-10-8-9-11-17(16)27(25,26)23-19(2,3)4;/h8-11,23H,7,12-15H2,1-6H3,(H,21,22);1H. The highest BCUT2D eigenvalue weighted by molar-refractivity contribution is 14.0. The Morgan fingerprint density at radius 3 is 2.43 bits per heavy atom. The third-order valence-electron chi connectivity index (χ3n) is 4.41. The lowest BCUT2D eigenvalue weighted by atomic mass is 9.93. The van der Waals surface area contributed by atoms with Gasteiger partial charge in [-0.05, 0) is 51.2 Å². The predicted molar refractivity (Wildman–Crippen MR) is 127 cm³/mol. The Kier molecular flexibility index (Phi) is 8.77. The molecule has 1 saturated heterocycles. The number of halogens is 1. The highest BCUT2D eigenvalue weighted by Crippen LogP contribution is 2.28. The quantitative estimate of drug-likeness (QED) is 0.352. The molecule has 2 N–H and O–H groups in total. The molecule has 6 nitrogen and oxygen atoms in total. The van der Waals surface area contributed by atoms with Crippen LogP contribution in [0.5, 0.6) is 0 Å². The highest BCUT2D eigenvalue weighted by atomic mass is 127. The highest BCUT2D eigenvalue weighted by Gasteiger charge is 2.31. The Balaban J connectivity index is 0.00000392. The molecule has 1 aliphatic heterocycles. The molecule has 1 aromatic carbocycles. The van der Waals surface area contributed by atoms with Crippen LogP contribution in [-0.2, 0) is 16.6 Å². The average molecular weight is 522 g/mol.